The van der Waals surface area contributed by atoms with Gasteiger partial charge >= 0.3 is 0 Å². The van der Waals surface area contributed by atoms with Crippen molar-refractivity contribution < 1.29 is 9.50 Å². The van der Waals surface area contributed by atoms with Crippen LogP contribution in [-0.2, 0) is 0 Å². The maximum atomic E-state index is 12.9. The van der Waals surface area contributed by atoms with Crippen LogP contribution >= 0.6 is 11.8 Å². The molecule has 0 saturated carbocycles. The summed E-state index contributed by atoms with van der Waals surface area (Å²) in [6.07, 6.45) is 0.902. The molecule has 3 heteroatoms. The minimum atomic E-state index is -0.675. The molecule has 1 heterocycles. The third kappa shape index (κ3) is 2.13. The Balaban J connectivity index is 2.25. The highest BCUT2D eigenvalue weighted by atomic mass is 32.2. The molecule has 2 atom stereocenters. The molecule has 2 unspecified atom stereocenters. The third-order valence-corrected chi connectivity index (χ3v) is 3.00. The average Bonchev–Trinajstić information content (AvgIpc) is 1.94. The fourth-order valence-corrected chi connectivity index (χ4v) is 2.37. The highest BCUT2D eigenvalue weighted by molar-refractivity contribution is 7.99. The number of thioether (sulfide) groups is 1. The maximum absolute atomic E-state index is 12.9. The van der Waals surface area contributed by atoms with Crippen molar-refractivity contribution in [3.05, 3.63) is 0 Å². The van der Waals surface area contributed by atoms with Crippen molar-refractivity contribution in [1.29, 1.82) is 0 Å². The van der Waals surface area contributed by atoms with E-state index in [4.69, 9.17) is 5.11 Å². The quantitative estimate of drug-likeness (QED) is 0.666. The largest absolute Gasteiger partial charge is 0.396 e. The van der Waals surface area contributed by atoms with Crippen LogP contribution in [0.2, 0.25) is 0 Å². The second-order valence-electron chi connectivity index (χ2n) is 2.65. The van der Waals surface area contributed by atoms with Gasteiger partial charge in [-0.25, -0.2) is 4.39 Å². The highest BCUT2D eigenvalue weighted by Gasteiger charge is 2.23. The van der Waals surface area contributed by atoms with Crippen molar-refractivity contribution in [2.45, 2.75) is 19.0 Å². The molecular weight excluding hydrogens is 151 g/mol. The second kappa shape index (κ2) is 4.19. The monoisotopic (exact) mass is 164 g/mol. The third-order valence-electron chi connectivity index (χ3n) is 1.92. The lowest BCUT2D eigenvalue weighted by Gasteiger charge is -2.24. The molecule has 0 aromatic carbocycles. The Kier molecular flexibility index (Phi) is 3.49. The molecule has 10 heavy (non-hydrogen) atoms. The molecule has 1 saturated heterocycles. The smallest absolute Gasteiger partial charge is 0.112 e. The average molecular weight is 164 g/mol. The van der Waals surface area contributed by atoms with Crippen LogP contribution in [0.4, 0.5) is 4.39 Å². The molecule has 0 amide bonds. The summed E-state index contributed by atoms with van der Waals surface area (Å²) in [5, 5.41) is 8.56. The normalized spacial score (nSPS) is 34.2. The second-order valence-corrected chi connectivity index (χ2v) is 3.80. The molecule has 1 aliphatic heterocycles. The molecule has 1 fully saturated rings. The summed E-state index contributed by atoms with van der Waals surface area (Å²) in [4.78, 5) is 0. The summed E-state index contributed by atoms with van der Waals surface area (Å²) >= 11 is 1.68. The maximum Gasteiger partial charge on any atom is 0.112 e. The Morgan fingerprint density at radius 3 is 3.00 bits per heavy atom. The van der Waals surface area contributed by atoms with Gasteiger partial charge in [0.2, 0.25) is 0 Å². The van der Waals surface area contributed by atoms with Gasteiger partial charge in [0.1, 0.15) is 6.17 Å². The SMILES string of the molecule is OCCC1CCSCC1F. The standard InChI is InChI=1S/C7H13FOS/c8-7-5-10-4-2-6(7)1-3-9/h6-7,9H,1-5H2. The minimum Gasteiger partial charge on any atom is -0.396 e. The first-order chi connectivity index (χ1) is 4.84. The fraction of sp³-hybridized carbons (Fsp3) is 1.00. The molecule has 1 aliphatic rings. The molecule has 0 aliphatic carbocycles. The van der Waals surface area contributed by atoms with Gasteiger partial charge in [-0.1, -0.05) is 0 Å². The lowest BCUT2D eigenvalue weighted by atomic mass is 9.98. The number of aliphatic hydroxyl groups is 1. The number of rotatable bonds is 2. The Labute approximate surface area is 65.0 Å². The topological polar surface area (TPSA) is 20.2 Å². The molecule has 0 aromatic rings. The van der Waals surface area contributed by atoms with Crippen molar-refractivity contribution in [3.63, 3.8) is 0 Å². The first-order valence-corrected chi connectivity index (χ1v) is 4.82. The zero-order valence-electron chi connectivity index (χ0n) is 5.92. The molecular formula is C7H13FOS. The van der Waals surface area contributed by atoms with E-state index in [1.54, 1.807) is 11.8 Å². The van der Waals surface area contributed by atoms with Crippen LogP contribution in [0.25, 0.3) is 0 Å². The van der Waals surface area contributed by atoms with Crippen LogP contribution in [-0.4, -0.2) is 29.4 Å². The van der Waals surface area contributed by atoms with Gasteiger partial charge in [-0.3, -0.25) is 0 Å². The van der Waals surface area contributed by atoms with Crippen LogP contribution in [0.5, 0.6) is 0 Å². The predicted octanol–water partition coefficient (Wildman–Crippen LogP) is 1.46. The molecule has 1 rings (SSSR count). The zero-order chi connectivity index (χ0) is 7.40. The lowest BCUT2D eigenvalue weighted by Crippen LogP contribution is -2.24. The Hall–Kier alpha value is 0.240. The van der Waals surface area contributed by atoms with Crippen molar-refractivity contribution in [1.82, 2.24) is 0 Å². The summed E-state index contributed by atoms with van der Waals surface area (Å²) < 4.78 is 12.9. The molecule has 1 N–H and O–H groups in total. The van der Waals surface area contributed by atoms with Crippen LogP contribution in [0.1, 0.15) is 12.8 Å². The molecule has 0 radical (unpaired) electrons. The Bertz CT molecular complexity index is 97.6. The van der Waals surface area contributed by atoms with Crippen molar-refractivity contribution in [2.75, 3.05) is 18.1 Å². The van der Waals surface area contributed by atoms with Crippen LogP contribution in [0, 0.1) is 5.92 Å². The van der Waals surface area contributed by atoms with Crippen molar-refractivity contribution in [3.8, 4) is 0 Å². The predicted molar refractivity (Wildman–Crippen MR) is 42.0 cm³/mol. The Morgan fingerprint density at radius 1 is 1.60 bits per heavy atom. The van der Waals surface area contributed by atoms with Gasteiger partial charge in [-0.15, -0.1) is 0 Å². The summed E-state index contributed by atoms with van der Waals surface area (Å²) in [5.41, 5.74) is 0. The van der Waals surface area contributed by atoms with Crippen LogP contribution < -0.4 is 0 Å². The molecule has 1 nitrogen and oxygen atoms in total. The number of alkyl halides is 1. The van der Waals surface area contributed by atoms with E-state index in [0.717, 1.165) is 12.2 Å². The summed E-state index contributed by atoms with van der Waals surface area (Å²) in [5.74, 6) is 1.82. The number of hydrogen-bond donors (Lipinski definition) is 1. The van der Waals surface area contributed by atoms with E-state index >= 15 is 0 Å². The van der Waals surface area contributed by atoms with Gasteiger partial charge in [0.15, 0.2) is 0 Å². The van der Waals surface area contributed by atoms with Crippen molar-refractivity contribution >= 4 is 11.8 Å². The summed E-state index contributed by atoms with van der Waals surface area (Å²) in [6, 6.07) is 0. The van der Waals surface area contributed by atoms with E-state index in [-0.39, 0.29) is 12.5 Å². The van der Waals surface area contributed by atoms with E-state index < -0.39 is 6.17 Å². The summed E-state index contributed by atoms with van der Waals surface area (Å²) in [6.45, 7) is 0.135. The van der Waals surface area contributed by atoms with Gasteiger partial charge in [-0.2, -0.15) is 11.8 Å². The molecule has 0 spiro atoms. The van der Waals surface area contributed by atoms with Gasteiger partial charge in [0.05, 0.1) is 0 Å². The summed E-state index contributed by atoms with van der Waals surface area (Å²) in [7, 11) is 0. The minimum absolute atomic E-state index is 0.131. The van der Waals surface area contributed by atoms with Crippen molar-refractivity contribution in [2.24, 2.45) is 5.92 Å². The molecule has 0 bridgehead atoms. The first kappa shape index (κ1) is 8.34. The number of halogens is 1. The van der Waals surface area contributed by atoms with Crippen LogP contribution in [0.3, 0.4) is 0 Å². The van der Waals surface area contributed by atoms with E-state index in [2.05, 4.69) is 0 Å². The fourth-order valence-electron chi connectivity index (χ4n) is 1.24. The number of aliphatic hydroxyl groups excluding tert-OH is 1. The zero-order valence-corrected chi connectivity index (χ0v) is 6.74. The van der Waals surface area contributed by atoms with E-state index in [1.807, 2.05) is 0 Å². The highest BCUT2D eigenvalue weighted by Crippen LogP contribution is 2.27. The van der Waals surface area contributed by atoms with Gasteiger partial charge in [0.25, 0.3) is 0 Å². The van der Waals surface area contributed by atoms with E-state index in [1.165, 1.54) is 0 Å². The van der Waals surface area contributed by atoms with E-state index in [0.29, 0.717) is 12.2 Å². The Morgan fingerprint density at radius 2 is 2.40 bits per heavy atom. The van der Waals surface area contributed by atoms with Gasteiger partial charge < -0.3 is 5.11 Å². The lowest BCUT2D eigenvalue weighted by molar-refractivity contribution is 0.184. The van der Waals surface area contributed by atoms with Gasteiger partial charge in [-0.05, 0) is 24.5 Å². The van der Waals surface area contributed by atoms with Gasteiger partial charge in [0, 0.05) is 12.4 Å². The van der Waals surface area contributed by atoms with Crippen LogP contribution in [0.15, 0.2) is 0 Å². The first-order valence-electron chi connectivity index (χ1n) is 3.67. The number of hydrogen-bond acceptors (Lipinski definition) is 2. The molecule has 0 aromatic heterocycles. The molecule has 60 valence electrons. The van der Waals surface area contributed by atoms with E-state index in [9.17, 15) is 4.39 Å².